The van der Waals surface area contributed by atoms with Crippen molar-refractivity contribution in [2.24, 2.45) is 0 Å². The molecular formula is C26H22FIN2O2. The second-order valence-corrected chi connectivity index (χ2v) is 8.28. The normalized spacial score (nSPS) is 11.0. The number of ether oxygens (including phenoxy) is 1. The molecule has 0 bridgehead atoms. The summed E-state index contributed by atoms with van der Waals surface area (Å²) in [7, 11) is 0. The molecule has 0 fully saturated rings. The average molecular weight is 540 g/mol. The van der Waals surface area contributed by atoms with Gasteiger partial charge in [-0.3, -0.25) is 4.79 Å². The summed E-state index contributed by atoms with van der Waals surface area (Å²) in [6.07, 6.45) is 3.23. The molecule has 3 rings (SSSR count). The summed E-state index contributed by atoms with van der Waals surface area (Å²) in [5, 5.41) is 12.2. The van der Waals surface area contributed by atoms with Gasteiger partial charge in [0.2, 0.25) is 0 Å². The van der Waals surface area contributed by atoms with Crippen LogP contribution in [0.2, 0.25) is 0 Å². The molecule has 6 heteroatoms. The van der Waals surface area contributed by atoms with Gasteiger partial charge in [-0.05, 0) is 82.5 Å². The Morgan fingerprint density at radius 1 is 1.06 bits per heavy atom. The standard InChI is InChI=1S/C26H22FIN2O2/c27-23-11-8-20(9-12-23)18-32-25-13-10-21(16-24(25)28)15-22(17-29)26(31)30-14-4-7-19-5-2-1-3-6-19/h1-3,5-6,8-13,15-16H,4,7,14,18H2,(H,30,31)/b22-15-. The first-order valence-electron chi connectivity index (χ1n) is 10.2. The quantitative estimate of drug-likeness (QED) is 0.165. The lowest BCUT2D eigenvalue weighted by atomic mass is 10.1. The number of nitriles is 1. The molecule has 3 aromatic carbocycles. The van der Waals surface area contributed by atoms with Crippen LogP contribution in [0.1, 0.15) is 23.1 Å². The molecule has 0 unspecified atom stereocenters. The smallest absolute Gasteiger partial charge is 0.261 e. The second-order valence-electron chi connectivity index (χ2n) is 7.12. The lowest BCUT2D eigenvalue weighted by Gasteiger charge is -2.09. The SMILES string of the molecule is N#C/C(=C/c1ccc(OCc2ccc(F)cc2)c(I)c1)C(=O)NCCCc1ccccc1. The van der Waals surface area contributed by atoms with Gasteiger partial charge in [-0.15, -0.1) is 0 Å². The number of hydrogen-bond acceptors (Lipinski definition) is 3. The molecule has 4 nitrogen and oxygen atoms in total. The van der Waals surface area contributed by atoms with Gasteiger partial charge in [-0.1, -0.05) is 48.5 Å². The molecule has 162 valence electrons. The van der Waals surface area contributed by atoms with Gasteiger partial charge in [0.05, 0.1) is 3.57 Å². The highest BCUT2D eigenvalue weighted by molar-refractivity contribution is 14.1. The van der Waals surface area contributed by atoms with Crippen molar-refractivity contribution >= 4 is 34.6 Å². The molecule has 0 aliphatic heterocycles. The van der Waals surface area contributed by atoms with Crippen LogP contribution in [-0.4, -0.2) is 12.5 Å². The van der Waals surface area contributed by atoms with Gasteiger partial charge in [0.15, 0.2) is 0 Å². The van der Waals surface area contributed by atoms with Crippen LogP contribution in [0.25, 0.3) is 6.08 Å². The van der Waals surface area contributed by atoms with Crippen LogP contribution in [0.15, 0.2) is 78.4 Å². The Morgan fingerprint density at radius 2 is 1.81 bits per heavy atom. The minimum absolute atomic E-state index is 0.0560. The van der Waals surface area contributed by atoms with Crippen molar-refractivity contribution in [1.29, 1.82) is 5.26 Å². The van der Waals surface area contributed by atoms with Crippen LogP contribution in [0.4, 0.5) is 4.39 Å². The van der Waals surface area contributed by atoms with E-state index >= 15 is 0 Å². The largest absolute Gasteiger partial charge is 0.488 e. The number of carbonyl (C=O) groups excluding carboxylic acids is 1. The number of hydrogen-bond donors (Lipinski definition) is 1. The summed E-state index contributed by atoms with van der Waals surface area (Å²) in [5.74, 6) is 0.0103. The van der Waals surface area contributed by atoms with E-state index in [9.17, 15) is 14.4 Å². The average Bonchev–Trinajstić information content (AvgIpc) is 2.81. The van der Waals surface area contributed by atoms with Crippen molar-refractivity contribution in [3.63, 3.8) is 0 Å². The van der Waals surface area contributed by atoms with Crippen LogP contribution < -0.4 is 10.1 Å². The van der Waals surface area contributed by atoms with Gasteiger partial charge in [-0.25, -0.2) is 4.39 Å². The molecule has 0 aliphatic carbocycles. The summed E-state index contributed by atoms with van der Waals surface area (Å²) < 4.78 is 19.7. The molecule has 0 radical (unpaired) electrons. The predicted molar refractivity (Wildman–Crippen MR) is 131 cm³/mol. The molecule has 0 heterocycles. The minimum atomic E-state index is -0.382. The van der Waals surface area contributed by atoms with Crippen molar-refractivity contribution in [2.45, 2.75) is 19.4 Å². The second kappa shape index (κ2) is 12.0. The molecule has 1 amide bonds. The molecule has 0 atom stereocenters. The van der Waals surface area contributed by atoms with Crippen LogP contribution in [0.3, 0.4) is 0 Å². The summed E-state index contributed by atoms with van der Waals surface area (Å²) in [6.45, 7) is 0.820. The highest BCUT2D eigenvalue weighted by atomic mass is 127. The zero-order valence-corrected chi connectivity index (χ0v) is 19.5. The number of benzene rings is 3. The maximum absolute atomic E-state index is 13.0. The molecule has 0 aliphatic rings. The molecule has 0 aromatic heterocycles. The Kier molecular flexibility index (Phi) is 8.81. The lowest BCUT2D eigenvalue weighted by Crippen LogP contribution is -2.25. The topological polar surface area (TPSA) is 62.1 Å². The van der Waals surface area contributed by atoms with Crippen molar-refractivity contribution in [1.82, 2.24) is 5.32 Å². The Hall–Kier alpha value is -3.18. The number of nitrogens with zero attached hydrogens (tertiary/aromatic N) is 1. The molecule has 0 saturated heterocycles. The van der Waals surface area contributed by atoms with Crippen LogP contribution in [-0.2, 0) is 17.8 Å². The van der Waals surface area contributed by atoms with Gasteiger partial charge < -0.3 is 10.1 Å². The Labute approximate surface area is 200 Å². The van der Waals surface area contributed by atoms with E-state index in [0.717, 1.165) is 27.5 Å². The van der Waals surface area contributed by atoms with E-state index in [2.05, 4.69) is 40.0 Å². The Bertz CT molecular complexity index is 1120. The fourth-order valence-electron chi connectivity index (χ4n) is 3.02. The Balaban J connectivity index is 1.55. The van der Waals surface area contributed by atoms with Gasteiger partial charge in [0.1, 0.15) is 29.8 Å². The van der Waals surface area contributed by atoms with E-state index in [-0.39, 0.29) is 17.3 Å². The van der Waals surface area contributed by atoms with E-state index in [4.69, 9.17) is 4.74 Å². The molecule has 0 spiro atoms. The molecule has 0 saturated carbocycles. The van der Waals surface area contributed by atoms with Crippen LogP contribution >= 0.6 is 22.6 Å². The third-order valence-corrected chi connectivity index (χ3v) is 5.55. The summed E-state index contributed by atoms with van der Waals surface area (Å²) >= 11 is 2.15. The zero-order valence-electron chi connectivity index (χ0n) is 17.4. The predicted octanol–water partition coefficient (Wildman–Crippen LogP) is 5.67. The highest BCUT2D eigenvalue weighted by Gasteiger charge is 2.10. The van der Waals surface area contributed by atoms with E-state index in [0.29, 0.717) is 18.9 Å². The molecule has 1 N–H and O–H groups in total. The van der Waals surface area contributed by atoms with Gasteiger partial charge >= 0.3 is 0 Å². The van der Waals surface area contributed by atoms with Crippen LogP contribution in [0, 0.1) is 20.7 Å². The van der Waals surface area contributed by atoms with Crippen LogP contribution in [0.5, 0.6) is 5.75 Å². The first-order chi connectivity index (χ1) is 15.5. The number of carbonyl (C=O) groups is 1. The first-order valence-corrected chi connectivity index (χ1v) is 11.2. The number of halogens is 2. The number of aryl methyl sites for hydroxylation is 1. The van der Waals surface area contributed by atoms with Gasteiger partial charge in [-0.2, -0.15) is 5.26 Å². The van der Waals surface area contributed by atoms with E-state index < -0.39 is 0 Å². The number of amides is 1. The minimum Gasteiger partial charge on any atom is -0.488 e. The third kappa shape index (κ3) is 7.20. The maximum Gasteiger partial charge on any atom is 0.261 e. The fraction of sp³-hybridized carbons (Fsp3) is 0.154. The van der Waals surface area contributed by atoms with Crippen molar-refractivity contribution in [2.75, 3.05) is 6.54 Å². The highest BCUT2D eigenvalue weighted by Crippen LogP contribution is 2.24. The molecular weight excluding hydrogens is 518 g/mol. The first kappa shape index (κ1) is 23.5. The number of rotatable bonds is 9. The van der Waals surface area contributed by atoms with E-state index in [1.807, 2.05) is 30.3 Å². The van der Waals surface area contributed by atoms with Gasteiger partial charge in [0, 0.05) is 6.54 Å². The lowest BCUT2D eigenvalue weighted by molar-refractivity contribution is -0.117. The fourth-order valence-corrected chi connectivity index (χ4v) is 3.71. The maximum atomic E-state index is 13.0. The Morgan fingerprint density at radius 3 is 2.50 bits per heavy atom. The summed E-state index contributed by atoms with van der Waals surface area (Å²) in [6, 6.07) is 23.6. The van der Waals surface area contributed by atoms with Crippen molar-refractivity contribution in [3.8, 4) is 11.8 Å². The van der Waals surface area contributed by atoms with Crippen molar-refractivity contribution in [3.05, 3.63) is 104 Å². The summed E-state index contributed by atoms with van der Waals surface area (Å²) in [4.78, 5) is 12.4. The molecule has 32 heavy (non-hydrogen) atoms. The van der Waals surface area contributed by atoms with E-state index in [1.165, 1.54) is 17.7 Å². The third-order valence-electron chi connectivity index (χ3n) is 4.71. The molecule has 3 aromatic rings. The van der Waals surface area contributed by atoms with E-state index in [1.54, 1.807) is 30.3 Å². The zero-order chi connectivity index (χ0) is 22.8. The summed E-state index contributed by atoms with van der Waals surface area (Å²) in [5.41, 5.74) is 2.87. The van der Waals surface area contributed by atoms with Crippen molar-refractivity contribution < 1.29 is 13.9 Å². The van der Waals surface area contributed by atoms with Gasteiger partial charge in [0.25, 0.3) is 5.91 Å². The monoisotopic (exact) mass is 540 g/mol. The number of nitrogens with one attached hydrogen (secondary N) is 1.